The van der Waals surface area contributed by atoms with Gasteiger partial charge in [-0.25, -0.2) is 10.2 Å². The van der Waals surface area contributed by atoms with E-state index in [9.17, 15) is 4.79 Å². The molecule has 0 bridgehead atoms. The summed E-state index contributed by atoms with van der Waals surface area (Å²) in [7, 11) is 0. The van der Waals surface area contributed by atoms with Crippen LogP contribution in [0.25, 0.3) is 10.8 Å². The molecule has 0 unspecified atom stereocenters. The zero-order chi connectivity index (χ0) is 16.1. The molecule has 0 saturated heterocycles. The van der Waals surface area contributed by atoms with E-state index < -0.39 is 0 Å². The Morgan fingerprint density at radius 3 is 2.83 bits per heavy atom. The summed E-state index contributed by atoms with van der Waals surface area (Å²) in [6.45, 7) is 0. The number of rotatable bonds is 4. The van der Waals surface area contributed by atoms with Gasteiger partial charge in [-0.1, -0.05) is 42.5 Å². The third-order valence-electron chi connectivity index (χ3n) is 3.96. The number of hydroxylamine groups is 1. The van der Waals surface area contributed by atoms with Crippen molar-refractivity contribution >= 4 is 22.5 Å². The fraction of sp³-hybridized carbons (Fsp3) is 0.235. The molecule has 2 aromatic rings. The molecule has 0 radical (unpaired) electrons. The number of amides is 2. The molecule has 6 nitrogen and oxygen atoms in total. The first-order chi connectivity index (χ1) is 11.3. The van der Waals surface area contributed by atoms with Gasteiger partial charge in [0.1, 0.15) is 0 Å². The Hall–Kier alpha value is -2.57. The van der Waals surface area contributed by atoms with Crippen LogP contribution >= 0.6 is 0 Å². The lowest BCUT2D eigenvalue weighted by Gasteiger charge is -2.24. The van der Waals surface area contributed by atoms with Crippen molar-refractivity contribution in [1.82, 2.24) is 16.3 Å². The normalized spacial score (nSPS) is 17.4. The highest BCUT2D eigenvalue weighted by Crippen LogP contribution is 2.22. The summed E-state index contributed by atoms with van der Waals surface area (Å²) >= 11 is 0. The molecule has 5 N–H and O–H groups in total. The second-order valence-electron chi connectivity index (χ2n) is 5.50. The quantitative estimate of drug-likeness (QED) is 0.562. The molecular formula is C17H20N4O2. The Kier molecular flexibility index (Phi) is 4.75. The smallest absolute Gasteiger partial charge is 0.306 e. The first-order valence-electron chi connectivity index (χ1n) is 7.68. The van der Waals surface area contributed by atoms with Crippen molar-refractivity contribution in [3.05, 3.63) is 54.2 Å². The maximum atomic E-state index is 12.1. The zero-order valence-electron chi connectivity index (χ0n) is 12.7. The molecule has 2 aromatic carbocycles. The van der Waals surface area contributed by atoms with E-state index in [1.165, 1.54) is 0 Å². The van der Waals surface area contributed by atoms with Gasteiger partial charge in [-0.15, -0.1) is 0 Å². The van der Waals surface area contributed by atoms with Gasteiger partial charge in [0.2, 0.25) is 0 Å². The van der Waals surface area contributed by atoms with Gasteiger partial charge >= 0.3 is 6.03 Å². The molecule has 0 spiro atoms. The predicted molar refractivity (Wildman–Crippen MR) is 89.9 cm³/mol. The molecule has 0 saturated carbocycles. The SMILES string of the molecule is O=C(NN[C@H]1CCCC=C1NO)Nc1cccc2ccccc12. The van der Waals surface area contributed by atoms with Crippen LogP contribution in [0.3, 0.4) is 0 Å². The summed E-state index contributed by atoms with van der Waals surface area (Å²) in [6, 6.07) is 13.2. The Bertz CT molecular complexity index is 724. The summed E-state index contributed by atoms with van der Waals surface area (Å²) in [4.78, 5) is 12.1. The van der Waals surface area contributed by atoms with E-state index in [1.807, 2.05) is 48.5 Å². The zero-order valence-corrected chi connectivity index (χ0v) is 12.7. The van der Waals surface area contributed by atoms with E-state index in [1.54, 1.807) is 0 Å². The molecule has 1 aliphatic rings. The minimum atomic E-state index is -0.343. The average molecular weight is 312 g/mol. The van der Waals surface area contributed by atoms with Gasteiger partial charge in [0, 0.05) is 5.39 Å². The highest BCUT2D eigenvalue weighted by molar-refractivity contribution is 6.01. The molecule has 0 fully saturated rings. The summed E-state index contributed by atoms with van der Waals surface area (Å²) in [5, 5.41) is 14.0. The highest BCUT2D eigenvalue weighted by Gasteiger charge is 2.17. The van der Waals surface area contributed by atoms with Crippen LogP contribution in [0.1, 0.15) is 19.3 Å². The molecule has 3 rings (SSSR count). The number of hydrogen-bond donors (Lipinski definition) is 5. The maximum Gasteiger partial charge on any atom is 0.333 e. The van der Waals surface area contributed by atoms with E-state index in [-0.39, 0.29) is 12.1 Å². The number of fused-ring (bicyclic) bond motifs is 1. The summed E-state index contributed by atoms with van der Waals surface area (Å²) in [6.07, 6.45) is 4.69. The van der Waals surface area contributed by atoms with Gasteiger partial charge in [-0.2, -0.15) is 0 Å². The van der Waals surface area contributed by atoms with Gasteiger partial charge in [-0.3, -0.25) is 16.1 Å². The van der Waals surface area contributed by atoms with E-state index >= 15 is 0 Å². The van der Waals surface area contributed by atoms with Crippen molar-refractivity contribution < 1.29 is 10.0 Å². The van der Waals surface area contributed by atoms with E-state index in [0.717, 1.165) is 35.7 Å². The molecule has 0 aromatic heterocycles. The van der Waals surface area contributed by atoms with Gasteiger partial charge in [0.15, 0.2) is 0 Å². The summed E-state index contributed by atoms with van der Waals surface area (Å²) in [5.74, 6) is 0. The number of anilines is 1. The number of hydrogen-bond acceptors (Lipinski definition) is 4. The van der Waals surface area contributed by atoms with Crippen LogP contribution in [0.15, 0.2) is 54.2 Å². The van der Waals surface area contributed by atoms with Gasteiger partial charge in [0.25, 0.3) is 0 Å². The Morgan fingerprint density at radius 1 is 1.13 bits per heavy atom. The summed E-state index contributed by atoms with van der Waals surface area (Å²) in [5.41, 5.74) is 9.19. The maximum absolute atomic E-state index is 12.1. The fourth-order valence-corrected chi connectivity index (χ4v) is 2.79. The highest BCUT2D eigenvalue weighted by atomic mass is 16.5. The number of allylic oxidation sites excluding steroid dienone is 1. The third kappa shape index (κ3) is 3.61. The second kappa shape index (κ2) is 7.13. The lowest BCUT2D eigenvalue weighted by atomic mass is 10.0. The van der Waals surface area contributed by atoms with Crippen LogP contribution in [-0.2, 0) is 0 Å². The molecule has 23 heavy (non-hydrogen) atoms. The minimum Gasteiger partial charge on any atom is -0.306 e. The van der Waals surface area contributed by atoms with Gasteiger partial charge in [-0.05, 0) is 30.7 Å². The number of carbonyl (C=O) groups is 1. The molecule has 1 atom stereocenters. The van der Waals surface area contributed by atoms with Crippen LogP contribution in [0.2, 0.25) is 0 Å². The van der Waals surface area contributed by atoms with E-state index in [4.69, 9.17) is 5.21 Å². The molecule has 0 heterocycles. The number of carbonyl (C=O) groups excluding carboxylic acids is 1. The van der Waals surface area contributed by atoms with Gasteiger partial charge < -0.3 is 5.32 Å². The van der Waals surface area contributed by atoms with Crippen LogP contribution in [0.5, 0.6) is 0 Å². The molecule has 6 heteroatoms. The number of urea groups is 1. The number of hydrazine groups is 1. The van der Waals surface area contributed by atoms with Crippen LogP contribution in [-0.4, -0.2) is 17.3 Å². The number of benzene rings is 2. The number of nitrogens with one attached hydrogen (secondary N) is 4. The van der Waals surface area contributed by atoms with Crippen molar-refractivity contribution in [2.75, 3.05) is 5.32 Å². The summed E-state index contributed by atoms with van der Waals surface area (Å²) < 4.78 is 0. The van der Waals surface area contributed by atoms with Gasteiger partial charge in [0.05, 0.1) is 17.4 Å². The van der Waals surface area contributed by atoms with E-state index in [2.05, 4.69) is 21.6 Å². The van der Waals surface area contributed by atoms with Crippen molar-refractivity contribution in [3.63, 3.8) is 0 Å². The van der Waals surface area contributed by atoms with Crippen molar-refractivity contribution in [1.29, 1.82) is 0 Å². The minimum absolute atomic E-state index is 0.119. The molecule has 120 valence electrons. The van der Waals surface area contributed by atoms with Crippen LogP contribution in [0.4, 0.5) is 10.5 Å². The lowest BCUT2D eigenvalue weighted by molar-refractivity contribution is 0.181. The van der Waals surface area contributed by atoms with E-state index in [0.29, 0.717) is 5.70 Å². The Labute approximate surface area is 134 Å². The van der Waals surface area contributed by atoms with Crippen LogP contribution < -0.4 is 21.6 Å². The fourth-order valence-electron chi connectivity index (χ4n) is 2.79. The molecule has 2 amide bonds. The monoisotopic (exact) mass is 312 g/mol. The lowest BCUT2D eigenvalue weighted by Crippen LogP contribution is -2.49. The molecule has 0 aliphatic heterocycles. The van der Waals surface area contributed by atoms with Crippen LogP contribution in [0, 0.1) is 0 Å². The predicted octanol–water partition coefficient (Wildman–Crippen LogP) is 2.88. The standard InChI is InChI=1S/C17H20N4O2/c22-17(20-19-15-9-3-4-10-16(15)21-23)18-14-11-5-7-12-6-1-2-8-13(12)14/h1-2,5-8,10-11,15,19,21,23H,3-4,9H2,(H2,18,20,22)/t15-/m0/s1. The first-order valence-corrected chi connectivity index (χ1v) is 7.68. The van der Waals surface area contributed by atoms with Crippen molar-refractivity contribution in [2.24, 2.45) is 0 Å². The Morgan fingerprint density at radius 2 is 1.96 bits per heavy atom. The Balaban J connectivity index is 1.63. The van der Waals surface area contributed by atoms with Crippen molar-refractivity contribution in [2.45, 2.75) is 25.3 Å². The van der Waals surface area contributed by atoms with Crippen molar-refractivity contribution in [3.8, 4) is 0 Å². The third-order valence-corrected chi connectivity index (χ3v) is 3.96. The topological polar surface area (TPSA) is 85.4 Å². The largest absolute Gasteiger partial charge is 0.333 e. The second-order valence-corrected chi connectivity index (χ2v) is 5.50. The average Bonchev–Trinajstić information content (AvgIpc) is 2.60. The first kappa shape index (κ1) is 15.3. The molecule has 1 aliphatic carbocycles. The molecular weight excluding hydrogens is 292 g/mol.